The van der Waals surface area contributed by atoms with Gasteiger partial charge in [-0.25, -0.2) is 0 Å². The molecule has 1 atom stereocenters. The van der Waals surface area contributed by atoms with Gasteiger partial charge in [-0.05, 0) is 68.8 Å². The third-order valence-electron chi connectivity index (χ3n) is 5.28. The number of hydrogen-bond acceptors (Lipinski definition) is 2. The van der Waals surface area contributed by atoms with Gasteiger partial charge in [0.2, 0.25) is 5.91 Å². The SMILES string of the molecule is O=C(NCCC1CCCNC1)C1(c2ccc(Br)cc2)CCC1. The van der Waals surface area contributed by atoms with E-state index in [0.29, 0.717) is 0 Å². The van der Waals surface area contributed by atoms with E-state index in [1.54, 1.807) is 0 Å². The van der Waals surface area contributed by atoms with Crippen molar-refractivity contribution < 1.29 is 4.79 Å². The fourth-order valence-electron chi connectivity index (χ4n) is 3.68. The molecule has 1 saturated carbocycles. The minimum atomic E-state index is -0.272. The van der Waals surface area contributed by atoms with E-state index in [1.165, 1.54) is 18.4 Å². The molecular formula is C18H25BrN2O. The number of hydrogen-bond donors (Lipinski definition) is 2. The van der Waals surface area contributed by atoms with E-state index in [0.717, 1.165) is 55.7 Å². The highest BCUT2D eigenvalue weighted by atomic mass is 79.9. The quantitative estimate of drug-likeness (QED) is 0.840. The molecule has 0 spiro atoms. The van der Waals surface area contributed by atoms with Gasteiger partial charge in [0.25, 0.3) is 0 Å². The van der Waals surface area contributed by atoms with Crippen LogP contribution in [0.15, 0.2) is 28.7 Å². The fraction of sp³-hybridized carbons (Fsp3) is 0.611. The van der Waals surface area contributed by atoms with Gasteiger partial charge in [0.1, 0.15) is 0 Å². The molecular weight excluding hydrogens is 340 g/mol. The topological polar surface area (TPSA) is 41.1 Å². The van der Waals surface area contributed by atoms with E-state index >= 15 is 0 Å². The lowest BCUT2D eigenvalue weighted by Gasteiger charge is -2.41. The number of piperidine rings is 1. The summed E-state index contributed by atoms with van der Waals surface area (Å²) in [4.78, 5) is 12.7. The Kier molecular flexibility index (Phi) is 5.19. The third kappa shape index (κ3) is 3.38. The van der Waals surface area contributed by atoms with Crippen LogP contribution in [0.1, 0.15) is 44.1 Å². The van der Waals surface area contributed by atoms with E-state index in [-0.39, 0.29) is 11.3 Å². The summed E-state index contributed by atoms with van der Waals surface area (Å²) in [6.45, 7) is 3.06. The lowest BCUT2D eigenvalue weighted by atomic mass is 9.64. The van der Waals surface area contributed by atoms with Crippen molar-refractivity contribution in [3.05, 3.63) is 34.3 Å². The molecule has 2 aliphatic rings. The average Bonchev–Trinajstić information content (AvgIpc) is 2.49. The molecule has 1 aliphatic heterocycles. The molecule has 2 fully saturated rings. The van der Waals surface area contributed by atoms with Crippen LogP contribution in [-0.4, -0.2) is 25.5 Å². The van der Waals surface area contributed by atoms with E-state index in [4.69, 9.17) is 0 Å². The van der Waals surface area contributed by atoms with Crippen LogP contribution in [0.2, 0.25) is 0 Å². The summed E-state index contributed by atoms with van der Waals surface area (Å²) in [7, 11) is 0. The number of benzene rings is 1. The molecule has 22 heavy (non-hydrogen) atoms. The van der Waals surface area contributed by atoms with Gasteiger partial charge in [-0.1, -0.05) is 34.5 Å². The molecule has 0 bridgehead atoms. The number of rotatable bonds is 5. The molecule has 1 amide bonds. The molecule has 1 aromatic carbocycles. The molecule has 1 heterocycles. The Balaban J connectivity index is 1.56. The molecule has 1 unspecified atom stereocenters. The van der Waals surface area contributed by atoms with Gasteiger partial charge in [-0.2, -0.15) is 0 Å². The lowest BCUT2D eigenvalue weighted by Crippen LogP contribution is -2.49. The maximum absolute atomic E-state index is 12.7. The molecule has 3 nitrogen and oxygen atoms in total. The summed E-state index contributed by atoms with van der Waals surface area (Å²) < 4.78 is 1.07. The second-order valence-electron chi connectivity index (χ2n) is 6.70. The molecule has 120 valence electrons. The number of amides is 1. The molecule has 1 aromatic rings. The van der Waals surface area contributed by atoms with E-state index in [9.17, 15) is 4.79 Å². The summed E-state index contributed by atoms with van der Waals surface area (Å²) in [5, 5.41) is 6.65. The summed E-state index contributed by atoms with van der Waals surface area (Å²) in [5.74, 6) is 0.948. The molecule has 1 aliphatic carbocycles. The van der Waals surface area contributed by atoms with Gasteiger partial charge in [0.15, 0.2) is 0 Å². The van der Waals surface area contributed by atoms with Crippen molar-refractivity contribution in [2.45, 2.75) is 43.9 Å². The second-order valence-corrected chi connectivity index (χ2v) is 7.62. The molecule has 0 aromatic heterocycles. The van der Waals surface area contributed by atoms with E-state index < -0.39 is 0 Å². The molecule has 0 radical (unpaired) electrons. The van der Waals surface area contributed by atoms with E-state index in [2.05, 4.69) is 38.7 Å². The largest absolute Gasteiger partial charge is 0.355 e. The Morgan fingerprint density at radius 1 is 1.27 bits per heavy atom. The van der Waals surface area contributed by atoms with Crippen molar-refractivity contribution >= 4 is 21.8 Å². The van der Waals surface area contributed by atoms with Crippen molar-refractivity contribution in [2.75, 3.05) is 19.6 Å². The van der Waals surface area contributed by atoms with Crippen LogP contribution in [0.5, 0.6) is 0 Å². The van der Waals surface area contributed by atoms with Crippen molar-refractivity contribution in [3.8, 4) is 0 Å². The van der Waals surface area contributed by atoms with Gasteiger partial charge in [0, 0.05) is 11.0 Å². The number of nitrogens with one attached hydrogen (secondary N) is 2. The van der Waals surface area contributed by atoms with Gasteiger partial charge in [-0.3, -0.25) is 4.79 Å². The minimum absolute atomic E-state index is 0.227. The number of carbonyl (C=O) groups is 1. The van der Waals surface area contributed by atoms with Crippen molar-refractivity contribution in [1.82, 2.24) is 10.6 Å². The monoisotopic (exact) mass is 364 g/mol. The maximum atomic E-state index is 12.7. The first-order chi connectivity index (χ1) is 10.7. The normalized spacial score (nSPS) is 23.6. The van der Waals surface area contributed by atoms with Crippen LogP contribution in [0.3, 0.4) is 0 Å². The minimum Gasteiger partial charge on any atom is -0.355 e. The van der Waals surface area contributed by atoms with Crippen LogP contribution in [0.4, 0.5) is 0 Å². The van der Waals surface area contributed by atoms with Crippen LogP contribution in [-0.2, 0) is 10.2 Å². The highest BCUT2D eigenvalue weighted by molar-refractivity contribution is 9.10. The standard InChI is InChI=1S/C18H25BrN2O/c19-16-6-4-15(5-7-16)18(9-2-10-18)17(22)21-12-8-14-3-1-11-20-13-14/h4-7,14,20H,1-3,8-13H2,(H,21,22). The molecule has 1 saturated heterocycles. The third-order valence-corrected chi connectivity index (χ3v) is 5.80. The second kappa shape index (κ2) is 7.14. The van der Waals surface area contributed by atoms with Gasteiger partial charge >= 0.3 is 0 Å². The predicted octanol–water partition coefficient (Wildman–Crippen LogP) is 3.38. The first-order valence-corrected chi connectivity index (χ1v) is 9.25. The summed E-state index contributed by atoms with van der Waals surface area (Å²) in [6.07, 6.45) is 6.75. The number of halogens is 1. The van der Waals surface area contributed by atoms with Crippen molar-refractivity contribution in [2.24, 2.45) is 5.92 Å². The Bertz CT molecular complexity index is 504. The van der Waals surface area contributed by atoms with Crippen LogP contribution >= 0.6 is 15.9 Å². The van der Waals surface area contributed by atoms with E-state index in [1.807, 2.05) is 12.1 Å². The summed E-state index contributed by atoms with van der Waals surface area (Å²) >= 11 is 3.47. The lowest BCUT2D eigenvalue weighted by molar-refractivity contribution is -0.130. The van der Waals surface area contributed by atoms with Crippen molar-refractivity contribution in [1.29, 1.82) is 0 Å². The maximum Gasteiger partial charge on any atom is 0.230 e. The van der Waals surface area contributed by atoms with Crippen LogP contribution in [0.25, 0.3) is 0 Å². The van der Waals surface area contributed by atoms with Crippen LogP contribution < -0.4 is 10.6 Å². The Morgan fingerprint density at radius 3 is 2.64 bits per heavy atom. The van der Waals surface area contributed by atoms with Crippen molar-refractivity contribution in [3.63, 3.8) is 0 Å². The van der Waals surface area contributed by atoms with Gasteiger partial charge in [0.05, 0.1) is 5.41 Å². The highest BCUT2D eigenvalue weighted by Gasteiger charge is 2.45. The molecule has 3 rings (SSSR count). The Labute approximate surface area is 141 Å². The highest BCUT2D eigenvalue weighted by Crippen LogP contribution is 2.44. The van der Waals surface area contributed by atoms with Gasteiger partial charge in [-0.15, -0.1) is 0 Å². The zero-order chi connectivity index (χ0) is 15.4. The number of carbonyl (C=O) groups excluding carboxylic acids is 1. The first kappa shape index (κ1) is 16.0. The summed E-state index contributed by atoms with van der Waals surface area (Å²) in [6, 6.07) is 8.26. The van der Waals surface area contributed by atoms with Crippen LogP contribution in [0, 0.1) is 5.92 Å². The smallest absolute Gasteiger partial charge is 0.230 e. The first-order valence-electron chi connectivity index (χ1n) is 8.46. The molecule has 2 N–H and O–H groups in total. The Morgan fingerprint density at radius 2 is 2.05 bits per heavy atom. The zero-order valence-corrected chi connectivity index (χ0v) is 14.6. The fourth-order valence-corrected chi connectivity index (χ4v) is 3.94. The predicted molar refractivity (Wildman–Crippen MR) is 92.9 cm³/mol. The molecule has 4 heteroatoms. The summed E-state index contributed by atoms with van der Waals surface area (Å²) in [5.41, 5.74) is 0.893. The Hall–Kier alpha value is -0.870. The van der Waals surface area contributed by atoms with Gasteiger partial charge < -0.3 is 10.6 Å². The average molecular weight is 365 g/mol. The zero-order valence-electron chi connectivity index (χ0n) is 13.0.